The molecule has 2 aromatic heterocycles. The topological polar surface area (TPSA) is 64.8 Å². The lowest BCUT2D eigenvalue weighted by molar-refractivity contribution is 0.259. The van der Waals surface area contributed by atoms with Gasteiger partial charge in [-0.1, -0.05) is 11.6 Å². The van der Waals surface area contributed by atoms with Crippen molar-refractivity contribution < 1.29 is 0 Å². The van der Waals surface area contributed by atoms with Gasteiger partial charge < -0.3 is 19.7 Å². The Morgan fingerprint density at radius 2 is 1.96 bits per heavy atom. The Hall–Kier alpha value is -2.32. The second kappa shape index (κ2) is 9.75. The molecule has 0 amide bonds. The van der Waals surface area contributed by atoms with Gasteiger partial charge in [-0.25, -0.2) is 9.97 Å². The summed E-state index contributed by atoms with van der Waals surface area (Å²) in [5.41, 5.74) is 1.15. The molecule has 2 aromatic rings. The average molecular weight is 405 g/mol. The minimum atomic E-state index is 0.749. The van der Waals surface area contributed by atoms with E-state index < -0.39 is 0 Å². The molecule has 0 aromatic carbocycles. The highest BCUT2D eigenvalue weighted by molar-refractivity contribution is 6.30. The van der Waals surface area contributed by atoms with Crippen LogP contribution in [-0.4, -0.2) is 83.7 Å². The molecule has 0 unspecified atom stereocenters. The second-order valence-electron chi connectivity index (χ2n) is 6.97. The summed E-state index contributed by atoms with van der Waals surface area (Å²) in [6, 6.07) is 3.84. The number of aliphatic imine (C=N–C) groups is 1. The summed E-state index contributed by atoms with van der Waals surface area (Å²) in [4.78, 5) is 19.9. The van der Waals surface area contributed by atoms with E-state index in [-0.39, 0.29) is 0 Å². The van der Waals surface area contributed by atoms with E-state index in [1.807, 2.05) is 44.0 Å². The Morgan fingerprint density at radius 3 is 2.57 bits per heavy atom. The third-order valence-electron chi connectivity index (χ3n) is 4.97. The Kier molecular flexibility index (Phi) is 7.11. The molecule has 8 nitrogen and oxygen atoms in total. The van der Waals surface area contributed by atoms with Crippen LogP contribution in [0.3, 0.4) is 0 Å². The van der Waals surface area contributed by atoms with Crippen LogP contribution in [0.4, 0.5) is 5.95 Å². The number of piperazine rings is 1. The third kappa shape index (κ3) is 5.36. The van der Waals surface area contributed by atoms with E-state index in [0.29, 0.717) is 0 Å². The van der Waals surface area contributed by atoms with Crippen LogP contribution in [0.5, 0.6) is 0 Å². The molecule has 1 aliphatic heterocycles. The average Bonchev–Trinajstić information content (AvgIpc) is 3.03. The van der Waals surface area contributed by atoms with Gasteiger partial charge in [-0.3, -0.25) is 9.89 Å². The first kappa shape index (κ1) is 20.4. The predicted octanol–water partition coefficient (Wildman–Crippen LogP) is 1.30. The van der Waals surface area contributed by atoms with E-state index >= 15 is 0 Å². The lowest BCUT2D eigenvalue weighted by atomic mass is 10.3. The van der Waals surface area contributed by atoms with Gasteiger partial charge in [0.25, 0.3) is 0 Å². The molecule has 0 atom stereocenters. The summed E-state index contributed by atoms with van der Waals surface area (Å²) >= 11 is 6.08. The zero-order valence-electron chi connectivity index (χ0n) is 16.8. The zero-order chi connectivity index (χ0) is 19.9. The standard InChI is InChI=1S/C19H29ClN8/c1-21-18(26(3)15-17-13-16(20)14-25(17)2)24-7-8-27-9-11-28(12-10-27)19-22-5-4-6-23-19/h4-6,13-14H,7-12,15H2,1-3H3,(H,21,24). The fraction of sp³-hybridized carbons (Fsp3) is 0.526. The maximum Gasteiger partial charge on any atom is 0.225 e. The van der Waals surface area contributed by atoms with Gasteiger partial charge in [0.1, 0.15) is 0 Å². The van der Waals surface area contributed by atoms with E-state index in [9.17, 15) is 0 Å². The van der Waals surface area contributed by atoms with E-state index in [1.165, 1.54) is 0 Å². The van der Waals surface area contributed by atoms with E-state index in [2.05, 4.69) is 35.0 Å². The predicted molar refractivity (Wildman–Crippen MR) is 114 cm³/mol. The number of nitrogens with one attached hydrogen (secondary N) is 1. The first-order valence-corrected chi connectivity index (χ1v) is 9.91. The molecule has 0 radical (unpaired) electrons. The maximum atomic E-state index is 6.08. The van der Waals surface area contributed by atoms with Crippen molar-refractivity contribution >= 4 is 23.5 Å². The van der Waals surface area contributed by atoms with Crippen LogP contribution >= 0.6 is 11.6 Å². The monoisotopic (exact) mass is 404 g/mol. The highest BCUT2D eigenvalue weighted by atomic mass is 35.5. The maximum absolute atomic E-state index is 6.08. The summed E-state index contributed by atoms with van der Waals surface area (Å²) in [5.74, 6) is 1.71. The van der Waals surface area contributed by atoms with E-state index in [1.54, 1.807) is 12.4 Å². The minimum absolute atomic E-state index is 0.749. The fourth-order valence-corrected chi connectivity index (χ4v) is 3.65. The van der Waals surface area contributed by atoms with Crippen molar-refractivity contribution in [2.24, 2.45) is 12.0 Å². The number of hydrogen-bond acceptors (Lipinski definition) is 5. The molecule has 0 aliphatic carbocycles. The van der Waals surface area contributed by atoms with Crippen molar-refractivity contribution in [3.05, 3.63) is 41.4 Å². The highest BCUT2D eigenvalue weighted by Gasteiger charge is 2.18. The summed E-state index contributed by atoms with van der Waals surface area (Å²) in [5, 5.41) is 4.22. The molecular formula is C19H29ClN8. The van der Waals surface area contributed by atoms with Gasteiger partial charge in [-0.05, 0) is 12.1 Å². The molecule has 152 valence electrons. The summed E-state index contributed by atoms with van der Waals surface area (Å²) in [6.45, 7) is 6.50. The van der Waals surface area contributed by atoms with Crippen LogP contribution in [0.1, 0.15) is 5.69 Å². The molecule has 1 fully saturated rings. The zero-order valence-corrected chi connectivity index (χ0v) is 17.6. The second-order valence-corrected chi connectivity index (χ2v) is 7.40. The summed E-state index contributed by atoms with van der Waals surface area (Å²) in [6.07, 6.45) is 5.51. The van der Waals surface area contributed by atoms with E-state index in [4.69, 9.17) is 11.6 Å². The van der Waals surface area contributed by atoms with Crippen molar-refractivity contribution in [1.82, 2.24) is 29.7 Å². The van der Waals surface area contributed by atoms with Gasteiger partial charge in [-0.15, -0.1) is 0 Å². The Labute approximate surface area is 171 Å². The van der Waals surface area contributed by atoms with Gasteiger partial charge in [0, 0.05) is 84.7 Å². The molecule has 3 rings (SSSR count). The number of rotatable bonds is 6. The van der Waals surface area contributed by atoms with Crippen molar-refractivity contribution in [2.45, 2.75) is 6.54 Å². The summed E-state index contributed by atoms with van der Waals surface area (Å²) < 4.78 is 2.04. The highest BCUT2D eigenvalue weighted by Crippen LogP contribution is 2.14. The number of aromatic nitrogens is 3. The van der Waals surface area contributed by atoms with Crippen molar-refractivity contribution in [1.29, 1.82) is 0 Å². The number of halogens is 1. The van der Waals surface area contributed by atoms with Crippen LogP contribution in [0.15, 0.2) is 35.7 Å². The van der Waals surface area contributed by atoms with Gasteiger partial charge in [0.15, 0.2) is 5.96 Å². The number of aryl methyl sites for hydroxylation is 1. The molecule has 1 saturated heterocycles. The van der Waals surface area contributed by atoms with Crippen molar-refractivity contribution in [3.63, 3.8) is 0 Å². The lowest BCUT2D eigenvalue weighted by Crippen LogP contribution is -2.49. The Bertz CT molecular complexity index is 767. The molecule has 28 heavy (non-hydrogen) atoms. The minimum Gasteiger partial charge on any atom is -0.355 e. The van der Waals surface area contributed by atoms with E-state index in [0.717, 1.165) is 68.4 Å². The normalized spacial score (nSPS) is 15.7. The molecule has 3 heterocycles. The number of hydrogen-bond donors (Lipinski definition) is 1. The lowest BCUT2D eigenvalue weighted by Gasteiger charge is -2.34. The van der Waals surface area contributed by atoms with Crippen molar-refractivity contribution in [3.8, 4) is 0 Å². The first-order valence-electron chi connectivity index (χ1n) is 9.53. The third-order valence-corrected chi connectivity index (χ3v) is 5.17. The first-order chi connectivity index (χ1) is 13.6. The molecule has 0 bridgehead atoms. The largest absolute Gasteiger partial charge is 0.355 e. The quantitative estimate of drug-likeness (QED) is 0.578. The fourth-order valence-electron chi connectivity index (χ4n) is 3.38. The van der Waals surface area contributed by atoms with Crippen LogP contribution < -0.4 is 10.2 Å². The number of anilines is 1. The Morgan fingerprint density at radius 1 is 1.25 bits per heavy atom. The summed E-state index contributed by atoms with van der Waals surface area (Å²) in [7, 11) is 5.86. The van der Waals surface area contributed by atoms with Crippen LogP contribution in [-0.2, 0) is 13.6 Å². The Balaban J connectivity index is 1.41. The van der Waals surface area contributed by atoms with Gasteiger partial charge in [0.05, 0.1) is 11.6 Å². The molecule has 0 spiro atoms. The molecule has 1 aliphatic rings. The van der Waals surface area contributed by atoms with Gasteiger partial charge >= 0.3 is 0 Å². The number of nitrogens with zero attached hydrogens (tertiary/aromatic N) is 7. The smallest absolute Gasteiger partial charge is 0.225 e. The van der Waals surface area contributed by atoms with Gasteiger partial charge in [0.2, 0.25) is 5.95 Å². The molecule has 9 heteroatoms. The van der Waals surface area contributed by atoms with Crippen LogP contribution in [0, 0.1) is 0 Å². The molecule has 0 saturated carbocycles. The molecule has 1 N–H and O–H groups in total. The molecular weight excluding hydrogens is 376 g/mol. The van der Waals surface area contributed by atoms with Crippen molar-refractivity contribution in [2.75, 3.05) is 58.3 Å². The SMILES string of the molecule is CN=C(NCCN1CCN(c2ncccn2)CC1)N(C)Cc1cc(Cl)cn1C. The number of guanidine groups is 1. The van der Waals surface area contributed by atoms with Gasteiger partial charge in [-0.2, -0.15) is 0 Å². The van der Waals surface area contributed by atoms with Crippen LogP contribution in [0.2, 0.25) is 5.02 Å². The van der Waals surface area contributed by atoms with Crippen LogP contribution in [0.25, 0.3) is 0 Å².